The molecule has 1 aliphatic heterocycles. The predicted molar refractivity (Wildman–Crippen MR) is 67.6 cm³/mol. The Hall–Kier alpha value is -1.67. The van der Waals surface area contributed by atoms with E-state index in [0.717, 1.165) is 10.5 Å². The van der Waals surface area contributed by atoms with Crippen LogP contribution >= 0.6 is 11.8 Å². The highest BCUT2D eigenvalue weighted by Crippen LogP contribution is 2.39. The molecule has 2 aromatic rings. The van der Waals surface area contributed by atoms with Crippen molar-refractivity contribution in [3.63, 3.8) is 0 Å². The molecule has 0 fully saturated rings. The van der Waals surface area contributed by atoms with Gasteiger partial charge in [-0.15, -0.1) is 0 Å². The molecular formula is C14H10OS. The molecule has 2 aromatic carbocycles. The van der Waals surface area contributed by atoms with E-state index in [-0.39, 0.29) is 0 Å². The minimum absolute atomic E-state index is 0.342. The second kappa shape index (κ2) is 3.72. The molecule has 1 nitrogen and oxygen atoms in total. The quantitative estimate of drug-likeness (QED) is 0.624. The Labute approximate surface area is 98.4 Å². The number of fused-ring (bicyclic) bond motifs is 2. The van der Waals surface area contributed by atoms with Gasteiger partial charge in [-0.2, -0.15) is 0 Å². The van der Waals surface area contributed by atoms with Gasteiger partial charge in [0.25, 0.3) is 0 Å². The minimum atomic E-state index is 0.342. The number of benzene rings is 2. The van der Waals surface area contributed by atoms with Crippen LogP contribution < -0.4 is 0 Å². The van der Waals surface area contributed by atoms with E-state index >= 15 is 0 Å². The zero-order valence-electron chi connectivity index (χ0n) is 8.55. The lowest BCUT2D eigenvalue weighted by molar-refractivity contribution is 0.472. The molecule has 0 spiro atoms. The van der Waals surface area contributed by atoms with Crippen molar-refractivity contribution in [2.45, 2.75) is 9.79 Å². The molecule has 1 aliphatic rings. The lowest BCUT2D eigenvalue weighted by Gasteiger charge is -2.05. The summed E-state index contributed by atoms with van der Waals surface area (Å²) in [6.45, 7) is 0. The summed E-state index contributed by atoms with van der Waals surface area (Å²) in [5.74, 6) is 0.342. The van der Waals surface area contributed by atoms with Crippen molar-refractivity contribution in [2.24, 2.45) is 0 Å². The maximum Gasteiger partial charge on any atom is 0.123 e. The second-order valence-corrected chi connectivity index (χ2v) is 4.75. The number of hydrogen-bond acceptors (Lipinski definition) is 2. The minimum Gasteiger partial charge on any atom is -0.507 e. The molecule has 0 bridgehead atoms. The van der Waals surface area contributed by atoms with E-state index in [4.69, 9.17) is 0 Å². The Kier molecular flexibility index (Phi) is 2.22. The number of aromatic hydroxyl groups is 1. The molecule has 1 heterocycles. The molecule has 1 N–H and O–H groups in total. The van der Waals surface area contributed by atoms with Gasteiger partial charge in [-0.3, -0.25) is 0 Å². The fourth-order valence-electron chi connectivity index (χ4n) is 1.79. The van der Waals surface area contributed by atoms with E-state index in [9.17, 15) is 5.11 Å². The Morgan fingerprint density at radius 3 is 2.56 bits per heavy atom. The second-order valence-electron chi connectivity index (χ2n) is 3.66. The highest BCUT2D eigenvalue weighted by atomic mass is 32.2. The summed E-state index contributed by atoms with van der Waals surface area (Å²) < 4.78 is 0. The van der Waals surface area contributed by atoms with Crippen LogP contribution in [0.15, 0.2) is 52.3 Å². The third kappa shape index (κ3) is 1.51. The van der Waals surface area contributed by atoms with Gasteiger partial charge in [-0.25, -0.2) is 0 Å². The molecule has 0 saturated carbocycles. The van der Waals surface area contributed by atoms with Crippen LogP contribution in [0.4, 0.5) is 0 Å². The Balaban J connectivity index is 2.21. The lowest BCUT2D eigenvalue weighted by atomic mass is 10.1. The molecule has 0 saturated heterocycles. The van der Waals surface area contributed by atoms with Gasteiger partial charge in [0.2, 0.25) is 0 Å². The average molecular weight is 226 g/mol. The van der Waals surface area contributed by atoms with E-state index in [0.29, 0.717) is 5.75 Å². The first-order valence-electron chi connectivity index (χ1n) is 5.11. The molecule has 16 heavy (non-hydrogen) atoms. The maximum atomic E-state index is 9.80. The summed E-state index contributed by atoms with van der Waals surface area (Å²) in [6, 6.07) is 13.9. The summed E-state index contributed by atoms with van der Waals surface area (Å²) in [7, 11) is 0. The molecule has 0 unspecified atom stereocenters. The van der Waals surface area contributed by atoms with Crippen LogP contribution in [0.3, 0.4) is 0 Å². The van der Waals surface area contributed by atoms with Crippen molar-refractivity contribution in [3.05, 3.63) is 53.6 Å². The molecule has 3 rings (SSSR count). The predicted octanol–water partition coefficient (Wildman–Crippen LogP) is 4.03. The zero-order chi connectivity index (χ0) is 11.0. The van der Waals surface area contributed by atoms with Gasteiger partial charge < -0.3 is 5.11 Å². The number of phenolic OH excluding ortho intramolecular Hbond substituents is 1. The summed E-state index contributed by atoms with van der Waals surface area (Å²) in [6.07, 6.45) is 4.03. The summed E-state index contributed by atoms with van der Waals surface area (Å²) in [4.78, 5) is 2.32. The number of phenols is 1. The molecule has 0 aromatic heterocycles. The highest BCUT2D eigenvalue weighted by molar-refractivity contribution is 7.99. The van der Waals surface area contributed by atoms with Crippen molar-refractivity contribution < 1.29 is 5.11 Å². The van der Waals surface area contributed by atoms with Crippen LogP contribution in [0.5, 0.6) is 5.75 Å². The van der Waals surface area contributed by atoms with Gasteiger partial charge in [-0.1, -0.05) is 42.1 Å². The van der Waals surface area contributed by atoms with Crippen LogP contribution in [-0.4, -0.2) is 5.11 Å². The molecule has 0 radical (unpaired) electrons. The first kappa shape index (κ1) is 9.55. The Morgan fingerprint density at radius 1 is 0.812 bits per heavy atom. The standard InChI is InChI=1S/C14H10OS/c15-12-5-3-7-14-11(12)9-8-10-4-1-2-6-13(10)16-14/h1-9,15H. The molecule has 0 atom stereocenters. The summed E-state index contributed by atoms with van der Waals surface area (Å²) in [5, 5.41) is 9.80. The monoisotopic (exact) mass is 226 g/mol. The van der Waals surface area contributed by atoms with Gasteiger partial charge in [-0.05, 0) is 29.8 Å². The Morgan fingerprint density at radius 2 is 1.62 bits per heavy atom. The van der Waals surface area contributed by atoms with Crippen molar-refractivity contribution in [1.82, 2.24) is 0 Å². The van der Waals surface area contributed by atoms with E-state index in [1.807, 2.05) is 36.4 Å². The highest BCUT2D eigenvalue weighted by Gasteiger charge is 2.11. The molecule has 0 aliphatic carbocycles. The van der Waals surface area contributed by atoms with Gasteiger partial charge >= 0.3 is 0 Å². The van der Waals surface area contributed by atoms with Crippen LogP contribution in [0, 0.1) is 0 Å². The van der Waals surface area contributed by atoms with E-state index in [1.165, 1.54) is 10.5 Å². The summed E-state index contributed by atoms with van der Waals surface area (Å²) >= 11 is 1.69. The Bertz CT molecular complexity index is 573. The van der Waals surface area contributed by atoms with Crippen LogP contribution in [-0.2, 0) is 0 Å². The lowest BCUT2D eigenvalue weighted by Crippen LogP contribution is -1.79. The number of hydrogen-bond donors (Lipinski definition) is 1. The van der Waals surface area contributed by atoms with Gasteiger partial charge in [0, 0.05) is 15.4 Å². The first-order chi connectivity index (χ1) is 7.84. The van der Waals surface area contributed by atoms with Crippen molar-refractivity contribution >= 4 is 23.9 Å². The van der Waals surface area contributed by atoms with Crippen molar-refractivity contribution in [1.29, 1.82) is 0 Å². The maximum absolute atomic E-state index is 9.80. The summed E-state index contributed by atoms with van der Waals surface area (Å²) in [5.41, 5.74) is 2.10. The third-order valence-electron chi connectivity index (χ3n) is 2.61. The molecule has 0 amide bonds. The fraction of sp³-hybridized carbons (Fsp3) is 0. The van der Waals surface area contributed by atoms with Crippen LogP contribution in [0.2, 0.25) is 0 Å². The van der Waals surface area contributed by atoms with E-state index in [1.54, 1.807) is 17.8 Å². The number of rotatable bonds is 0. The first-order valence-corrected chi connectivity index (χ1v) is 5.93. The van der Waals surface area contributed by atoms with E-state index < -0.39 is 0 Å². The normalized spacial score (nSPS) is 12.8. The van der Waals surface area contributed by atoms with Crippen molar-refractivity contribution in [2.75, 3.05) is 0 Å². The topological polar surface area (TPSA) is 20.2 Å². The molecule has 78 valence electrons. The van der Waals surface area contributed by atoms with Gasteiger partial charge in [0.15, 0.2) is 0 Å². The van der Waals surface area contributed by atoms with E-state index in [2.05, 4.69) is 12.1 Å². The third-order valence-corrected chi connectivity index (χ3v) is 3.78. The molecule has 2 heteroatoms. The van der Waals surface area contributed by atoms with Crippen LogP contribution in [0.1, 0.15) is 11.1 Å². The largest absolute Gasteiger partial charge is 0.507 e. The van der Waals surface area contributed by atoms with Crippen molar-refractivity contribution in [3.8, 4) is 5.75 Å². The van der Waals surface area contributed by atoms with Gasteiger partial charge in [0.1, 0.15) is 5.75 Å². The smallest absolute Gasteiger partial charge is 0.123 e. The fourth-order valence-corrected chi connectivity index (χ4v) is 2.86. The zero-order valence-corrected chi connectivity index (χ0v) is 9.37. The van der Waals surface area contributed by atoms with Gasteiger partial charge in [0.05, 0.1) is 0 Å². The van der Waals surface area contributed by atoms with Crippen LogP contribution in [0.25, 0.3) is 12.2 Å². The average Bonchev–Trinajstić information content (AvgIpc) is 2.48. The molecular weight excluding hydrogens is 216 g/mol. The SMILES string of the molecule is Oc1cccc2c1C=Cc1ccccc1S2.